The largest absolute Gasteiger partial charge is 0.338 e. The molecule has 1 amide bonds. The second-order valence-electron chi connectivity index (χ2n) is 5.92. The Bertz CT molecular complexity index is 520. The van der Waals surface area contributed by atoms with Gasteiger partial charge in [-0.2, -0.15) is 4.39 Å². The molecule has 0 aliphatic carbocycles. The quantitative estimate of drug-likeness (QED) is 0.596. The predicted octanol–water partition coefficient (Wildman–Crippen LogP) is 3.49. The molecule has 6 heteroatoms. The molecule has 0 spiro atoms. The van der Waals surface area contributed by atoms with E-state index in [2.05, 4.69) is 0 Å². The Hall–Kier alpha value is -1.98. The van der Waals surface area contributed by atoms with E-state index in [1.807, 2.05) is 27.7 Å². The highest BCUT2D eigenvalue weighted by atomic mass is 19.1. The maximum Gasteiger partial charge on any atom is 0.304 e. The number of nitro benzene ring substituents is 1. The monoisotopic (exact) mass is 296 g/mol. The fourth-order valence-corrected chi connectivity index (χ4v) is 2.09. The molecular formula is C15H21FN2O3. The number of nitro groups is 1. The van der Waals surface area contributed by atoms with E-state index in [1.165, 1.54) is 6.07 Å². The first-order valence-electron chi connectivity index (χ1n) is 6.95. The van der Waals surface area contributed by atoms with Crippen LogP contribution in [0.2, 0.25) is 0 Å². The van der Waals surface area contributed by atoms with Crippen LogP contribution < -0.4 is 0 Å². The minimum atomic E-state index is -0.986. The molecule has 0 N–H and O–H groups in total. The smallest absolute Gasteiger partial charge is 0.304 e. The number of amides is 1. The summed E-state index contributed by atoms with van der Waals surface area (Å²) in [6, 6.07) is 3.27. The highest BCUT2D eigenvalue weighted by Gasteiger charge is 2.21. The molecule has 1 rings (SSSR count). The van der Waals surface area contributed by atoms with Gasteiger partial charge in [-0.25, -0.2) is 0 Å². The molecule has 0 aliphatic rings. The SMILES string of the molecule is CC(C)CN(CC(C)C)C(=O)c1ccc([N+](=O)[O-])c(F)c1. The summed E-state index contributed by atoms with van der Waals surface area (Å²) >= 11 is 0. The van der Waals surface area contributed by atoms with Gasteiger partial charge in [-0.05, 0) is 24.0 Å². The molecule has 0 heterocycles. The van der Waals surface area contributed by atoms with E-state index >= 15 is 0 Å². The summed E-state index contributed by atoms with van der Waals surface area (Å²) in [5, 5.41) is 10.6. The molecular weight excluding hydrogens is 275 g/mol. The zero-order valence-corrected chi connectivity index (χ0v) is 12.8. The van der Waals surface area contributed by atoms with E-state index in [4.69, 9.17) is 0 Å². The van der Waals surface area contributed by atoms with E-state index in [1.54, 1.807) is 4.90 Å². The minimum Gasteiger partial charge on any atom is -0.338 e. The Morgan fingerprint density at radius 1 is 1.24 bits per heavy atom. The number of rotatable bonds is 6. The van der Waals surface area contributed by atoms with Gasteiger partial charge < -0.3 is 4.90 Å². The van der Waals surface area contributed by atoms with Gasteiger partial charge in [-0.3, -0.25) is 14.9 Å². The van der Waals surface area contributed by atoms with Crippen LogP contribution in [0.3, 0.4) is 0 Å². The molecule has 0 unspecified atom stereocenters. The van der Waals surface area contributed by atoms with Crippen molar-refractivity contribution in [1.29, 1.82) is 0 Å². The molecule has 0 radical (unpaired) electrons. The van der Waals surface area contributed by atoms with Crippen LogP contribution in [0.5, 0.6) is 0 Å². The van der Waals surface area contributed by atoms with Gasteiger partial charge in [-0.1, -0.05) is 27.7 Å². The second-order valence-corrected chi connectivity index (χ2v) is 5.92. The summed E-state index contributed by atoms with van der Waals surface area (Å²) < 4.78 is 13.6. The van der Waals surface area contributed by atoms with Crippen LogP contribution in [0.15, 0.2) is 18.2 Å². The summed E-state index contributed by atoms with van der Waals surface area (Å²) in [5.74, 6) is -0.711. The summed E-state index contributed by atoms with van der Waals surface area (Å²) in [5.41, 5.74) is -0.481. The molecule has 116 valence electrons. The van der Waals surface area contributed by atoms with Crippen molar-refractivity contribution >= 4 is 11.6 Å². The number of carbonyl (C=O) groups excluding carboxylic acids is 1. The van der Waals surface area contributed by atoms with Gasteiger partial charge in [0, 0.05) is 24.7 Å². The standard InChI is InChI=1S/C15H21FN2O3/c1-10(2)8-17(9-11(3)4)15(19)12-5-6-14(18(20)21)13(16)7-12/h5-7,10-11H,8-9H2,1-4H3. The molecule has 21 heavy (non-hydrogen) atoms. The van der Waals surface area contributed by atoms with Gasteiger partial charge in [0.1, 0.15) is 0 Å². The first kappa shape index (κ1) is 17.1. The van der Waals surface area contributed by atoms with Crippen molar-refractivity contribution < 1.29 is 14.1 Å². The average Bonchev–Trinajstić information content (AvgIpc) is 2.35. The molecule has 0 saturated heterocycles. The van der Waals surface area contributed by atoms with Gasteiger partial charge >= 0.3 is 5.69 Å². The van der Waals surface area contributed by atoms with Crippen LogP contribution in [-0.2, 0) is 0 Å². The zero-order chi connectivity index (χ0) is 16.2. The van der Waals surface area contributed by atoms with Gasteiger partial charge in [0.15, 0.2) is 0 Å². The van der Waals surface area contributed by atoms with Crippen molar-refractivity contribution in [2.75, 3.05) is 13.1 Å². The topological polar surface area (TPSA) is 63.5 Å². The summed E-state index contributed by atoms with van der Waals surface area (Å²) in [7, 11) is 0. The normalized spacial score (nSPS) is 11.0. The van der Waals surface area contributed by atoms with Gasteiger partial charge in [0.05, 0.1) is 4.92 Å². The van der Waals surface area contributed by atoms with E-state index < -0.39 is 16.4 Å². The lowest BCUT2D eigenvalue weighted by Crippen LogP contribution is -2.37. The first-order chi connectivity index (χ1) is 9.72. The Labute approximate surface area is 123 Å². The number of nitrogens with zero attached hydrogens (tertiary/aromatic N) is 2. The zero-order valence-electron chi connectivity index (χ0n) is 12.8. The van der Waals surface area contributed by atoms with Crippen molar-refractivity contribution in [2.24, 2.45) is 11.8 Å². The number of halogens is 1. The molecule has 0 fully saturated rings. The van der Waals surface area contributed by atoms with Crippen LogP contribution in [0.1, 0.15) is 38.1 Å². The average molecular weight is 296 g/mol. The van der Waals surface area contributed by atoms with E-state index in [-0.39, 0.29) is 23.3 Å². The van der Waals surface area contributed by atoms with Crippen LogP contribution >= 0.6 is 0 Å². The fraction of sp³-hybridized carbons (Fsp3) is 0.533. The number of hydrogen-bond donors (Lipinski definition) is 0. The predicted molar refractivity (Wildman–Crippen MR) is 78.6 cm³/mol. The molecule has 0 saturated carbocycles. The maximum atomic E-state index is 13.6. The molecule has 0 aromatic heterocycles. The third kappa shape index (κ3) is 4.81. The summed E-state index contributed by atoms with van der Waals surface area (Å²) in [6.07, 6.45) is 0. The van der Waals surface area contributed by atoms with Crippen molar-refractivity contribution in [3.63, 3.8) is 0 Å². The van der Waals surface area contributed by atoms with E-state index in [0.717, 1.165) is 12.1 Å². The van der Waals surface area contributed by atoms with Gasteiger partial charge in [0.2, 0.25) is 5.82 Å². The molecule has 0 atom stereocenters. The molecule has 5 nitrogen and oxygen atoms in total. The lowest BCUT2D eigenvalue weighted by Gasteiger charge is -2.26. The fourth-order valence-electron chi connectivity index (χ4n) is 2.09. The van der Waals surface area contributed by atoms with Crippen LogP contribution in [0, 0.1) is 27.8 Å². The Morgan fingerprint density at radius 3 is 2.14 bits per heavy atom. The van der Waals surface area contributed by atoms with Crippen molar-refractivity contribution in [3.8, 4) is 0 Å². The second kappa shape index (κ2) is 7.15. The lowest BCUT2D eigenvalue weighted by atomic mass is 10.1. The minimum absolute atomic E-state index is 0.138. The van der Waals surface area contributed by atoms with Gasteiger partial charge in [0.25, 0.3) is 5.91 Å². The number of hydrogen-bond acceptors (Lipinski definition) is 3. The van der Waals surface area contributed by atoms with Gasteiger partial charge in [-0.15, -0.1) is 0 Å². The Kier molecular flexibility index (Phi) is 5.81. The van der Waals surface area contributed by atoms with Crippen LogP contribution in [0.4, 0.5) is 10.1 Å². The maximum absolute atomic E-state index is 13.6. The molecule has 0 bridgehead atoms. The highest BCUT2D eigenvalue weighted by Crippen LogP contribution is 2.19. The van der Waals surface area contributed by atoms with Crippen molar-refractivity contribution in [1.82, 2.24) is 4.90 Å². The number of benzene rings is 1. The highest BCUT2D eigenvalue weighted by molar-refractivity contribution is 5.94. The summed E-state index contributed by atoms with van der Waals surface area (Å²) in [6.45, 7) is 9.12. The first-order valence-corrected chi connectivity index (χ1v) is 6.95. The molecule has 0 aliphatic heterocycles. The van der Waals surface area contributed by atoms with Crippen molar-refractivity contribution in [2.45, 2.75) is 27.7 Å². The Balaban J connectivity index is 3.03. The van der Waals surface area contributed by atoms with Crippen molar-refractivity contribution in [3.05, 3.63) is 39.7 Å². The van der Waals surface area contributed by atoms with E-state index in [0.29, 0.717) is 13.1 Å². The van der Waals surface area contributed by atoms with Crippen LogP contribution in [0.25, 0.3) is 0 Å². The summed E-state index contributed by atoms with van der Waals surface area (Å²) in [4.78, 5) is 23.9. The third-order valence-electron chi connectivity index (χ3n) is 2.85. The van der Waals surface area contributed by atoms with E-state index in [9.17, 15) is 19.3 Å². The lowest BCUT2D eigenvalue weighted by molar-refractivity contribution is -0.387. The molecule has 1 aromatic rings. The van der Waals surface area contributed by atoms with Crippen LogP contribution in [-0.4, -0.2) is 28.8 Å². The molecule has 1 aromatic carbocycles. The third-order valence-corrected chi connectivity index (χ3v) is 2.85. The number of carbonyl (C=O) groups is 1. The Morgan fingerprint density at radius 2 is 1.76 bits per heavy atom.